The van der Waals surface area contributed by atoms with E-state index in [1.54, 1.807) is 24.4 Å². The second-order valence-corrected chi connectivity index (χ2v) is 5.24. The molecule has 1 aromatic heterocycles. The smallest absolute Gasteiger partial charge is 0.255 e. The second-order valence-electron chi connectivity index (χ2n) is 5.24. The number of nitrogens with zero attached hydrogens (tertiary/aromatic N) is 3. The monoisotopic (exact) mass is 314 g/mol. The van der Waals surface area contributed by atoms with Gasteiger partial charge in [-0.3, -0.25) is 4.79 Å². The number of ether oxygens (including phenoxy) is 2. The first-order chi connectivity index (χ1) is 11.1. The Hall–Kier alpha value is -2.83. The summed E-state index contributed by atoms with van der Waals surface area (Å²) in [5.74, 6) is 2.17. The summed E-state index contributed by atoms with van der Waals surface area (Å²) in [6, 6.07) is 7.07. The largest absolute Gasteiger partial charge is 0.486 e. The van der Waals surface area contributed by atoms with Crippen molar-refractivity contribution in [3.05, 3.63) is 41.9 Å². The van der Waals surface area contributed by atoms with E-state index in [-0.39, 0.29) is 12.5 Å². The number of para-hydroxylation sites is 1. The Morgan fingerprint density at radius 3 is 2.91 bits per heavy atom. The molecule has 0 bridgehead atoms. The van der Waals surface area contributed by atoms with Crippen molar-refractivity contribution in [1.29, 1.82) is 0 Å². The summed E-state index contributed by atoms with van der Waals surface area (Å²) in [5, 5.41) is 2.81. The lowest BCUT2D eigenvalue weighted by Crippen LogP contribution is -2.26. The molecule has 0 unspecified atom stereocenters. The van der Waals surface area contributed by atoms with E-state index in [2.05, 4.69) is 15.3 Å². The molecule has 0 aliphatic carbocycles. The molecular weight excluding hydrogens is 296 g/mol. The van der Waals surface area contributed by atoms with E-state index in [9.17, 15) is 4.79 Å². The Morgan fingerprint density at radius 2 is 2.09 bits per heavy atom. The van der Waals surface area contributed by atoms with Gasteiger partial charge in [-0.25, -0.2) is 9.97 Å². The molecule has 2 heterocycles. The van der Waals surface area contributed by atoms with Crippen molar-refractivity contribution in [1.82, 2.24) is 15.3 Å². The van der Waals surface area contributed by atoms with E-state index in [0.717, 1.165) is 5.82 Å². The summed E-state index contributed by atoms with van der Waals surface area (Å²) in [5.41, 5.74) is 0.450. The molecule has 0 saturated carbocycles. The van der Waals surface area contributed by atoms with Crippen LogP contribution in [-0.2, 0) is 6.54 Å². The highest BCUT2D eigenvalue weighted by molar-refractivity contribution is 5.97. The van der Waals surface area contributed by atoms with Crippen molar-refractivity contribution in [2.45, 2.75) is 6.54 Å². The van der Waals surface area contributed by atoms with Gasteiger partial charge in [-0.05, 0) is 18.2 Å². The molecule has 1 N–H and O–H groups in total. The van der Waals surface area contributed by atoms with Crippen LogP contribution in [0.3, 0.4) is 0 Å². The number of amides is 1. The van der Waals surface area contributed by atoms with Gasteiger partial charge in [0.15, 0.2) is 11.5 Å². The highest BCUT2D eigenvalue weighted by Crippen LogP contribution is 2.33. The van der Waals surface area contributed by atoms with Crippen LogP contribution in [0.25, 0.3) is 0 Å². The van der Waals surface area contributed by atoms with Crippen LogP contribution in [0.2, 0.25) is 0 Å². The lowest BCUT2D eigenvalue weighted by Gasteiger charge is -2.20. The maximum atomic E-state index is 12.4. The SMILES string of the molecule is CN(C)c1ccnc(CNC(=O)c2cccc3c2OCCO3)n1. The Morgan fingerprint density at radius 1 is 1.26 bits per heavy atom. The van der Waals surface area contributed by atoms with Crippen molar-refractivity contribution in [2.75, 3.05) is 32.2 Å². The third-order valence-corrected chi connectivity index (χ3v) is 3.37. The van der Waals surface area contributed by atoms with Gasteiger partial charge >= 0.3 is 0 Å². The first kappa shape index (κ1) is 15.1. The molecule has 0 radical (unpaired) electrons. The maximum Gasteiger partial charge on any atom is 0.255 e. The van der Waals surface area contributed by atoms with Crippen molar-refractivity contribution in [2.24, 2.45) is 0 Å². The molecule has 1 aliphatic rings. The third-order valence-electron chi connectivity index (χ3n) is 3.37. The van der Waals surface area contributed by atoms with Gasteiger partial charge in [-0.2, -0.15) is 0 Å². The molecule has 1 aromatic carbocycles. The number of hydrogen-bond donors (Lipinski definition) is 1. The molecule has 1 aliphatic heterocycles. The summed E-state index contributed by atoms with van der Waals surface area (Å²) in [4.78, 5) is 22.8. The van der Waals surface area contributed by atoms with E-state index in [1.807, 2.05) is 25.1 Å². The number of anilines is 1. The number of hydrogen-bond acceptors (Lipinski definition) is 6. The Balaban J connectivity index is 1.72. The zero-order chi connectivity index (χ0) is 16.2. The van der Waals surface area contributed by atoms with Crippen LogP contribution in [-0.4, -0.2) is 43.2 Å². The summed E-state index contributed by atoms with van der Waals surface area (Å²) in [6.07, 6.45) is 1.67. The predicted molar refractivity (Wildman–Crippen MR) is 85.0 cm³/mol. The topological polar surface area (TPSA) is 76.6 Å². The predicted octanol–water partition coefficient (Wildman–Crippen LogP) is 1.24. The minimum Gasteiger partial charge on any atom is -0.486 e. The number of aromatic nitrogens is 2. The molecular formula is C16H18N4O3. The summed E-state index contributed by atoms with van der Waals surface area (Å²) < 4.78 is 11.0. The van der Waals surface area contributed by atoms with E-state index >= 15 is 0 Å². The standard InChI is InChI=1S/C16H18N4O3/c1-20(2)14-6-7-17-13(19-14)10-18-16(21)11-4-3-5-12-15(11)23-9-8-22-12/h3-7H,8-10H2,1-2H3,(H,18,21). The molecule has 2 aromatic rings. The average molecular weight is 314 g/mol. The van der Waals surface area contributed by atoms with E-state index in [0.29, 0.717) is 36.1 Å². The minimum atomic E-state index is -0.244. The van der Waals surface area contributed by atoms with Gasteiger partial charge in [-0.15, -0.1) is 0 Å². The van der Waals surface area contributed by atoms with Crippen molar-refractivity contribution in [3.8, 4) is 11.5 Å². The Bertz CT molecular complexity index is 718. The molecule has 0 atom stereocenters. The Labute approximate surface area is 134 Å². The average Bonchev–Trinajstić information content (AvgIpc) is 2.59. The molecule has 0 saturated heterocycles. The molecule has 0 fully saturated rings. The van der Waals surface area contributed by atoms with Crippen LogP contribution in [0.15, 0.2) is 30.5 Å². The van der Waals surface area contributed by atoms with Gasteiger partial charge < -0.3 is 19.7 Å². The summed E-state index contributed by atoms with van der Waals surface area (Å²) in [7, 11) is 3.80. The van der Waals surface area contributed by atoms with Crippen LogP contribution in [0, 0.1) is 0 Å². The molecule has 3 rings (SSSR count). The zero-order valence-corrected chi connectivity index (χ0v) is 13.1. The summed E-state index contributed by atoms with van der Waals surface area (Å²) >= 11 is 0. The molecule has 0 spiro atoms. The fraction of sp³-hybridized carbons (Fsp3) is 0.312. The molecule has 7 heteroatoms. The quantitative estimate of drug-likeness (QED) is 0.915. The first-order valence-electron chi connectivity index (χ1n) is 7.31. The minimum absolute atomic E-state index is 0.241. The maximum absolute atomic E-state index is 12.4. The highest BCUT2D eigenvalue weighted by Gasteiger charge is 2.20. The van der Waals surface area contributed by atoms with Crippen LogP contribution in [0.5, 0.6) is 11.5 Å². The van der Waals surface area contributed by atoms with Crippen molar-refractivity contribution in [3.63, 3.8) is 0 Å². The number of carbonyl (C=O) groups excluding carboxylic acids is 1. The normalized spacial score (nSPS) is 12.6. The van der Waals surface area contributed by atoms with Gasteiger partial charge in [-0.1, -0.05) is 6.07 Å². The van der Waals surface area contributed by atoms with Crippen molar-refractivity contribution >= 4 is 11.7 Å². The molecule has 120 valence electrons. The number of fused-ring (bicyclic) bond motifs is 1. The fourth-order valence-electron chi connectivity index (χ4n) is 2.23. The number of benzene rings is 1. The van der Waals surface area contributed by atoms with E-state index in [4.69, 9.17) is 9.47 Å². The van der Waals surface area contributed by atoms with Crippen LogP contribution < -0.4 is 19.7 Å². The molecule has 1 amide bonds. The Kier molecular flexibility index (Phi) is 4.27. The number of carbonyl (C=O) groups is 1. The van der Waals surface area contributed by atoms with Gasteiger partial charge in [0.25, 0.3) is 5.91 Å². The first-order valence-corrected chi connectivity index (χ1v) is 7.31. The molecule has 7 nitrogen and oxygen atoms in total. The van der Waals surface area contributed by atoms with Crippen LogP contribution >= 0.6 is 0 Å². The van der Waals surface area contributed by atoms with E-state index < -0.39 is 0 Å². The van der Waals surface area contributed by atoms with Gasteiger partial charge in [0.2, 0.25) is 0 Å². The van der Waals surface area contributed by atoms with Gasteiger partial charge in [0, 0.05) is 20.3 Å². The van der Waals surface area contributed by atoms with Gasteiger partial charge in [0.1, 0.15) is 24.9 Å². The fourth-order valence-corrected chi connectivity index (χ4v) is 2.23. The van der Waals surface area contributed by atoms with Gasteiger partial charge in [0.05, 0.1) is 12.1 Å². The molecule has 23 heavy (non-hydrogen) atoms. The second kappa shape index (κ2) is 6.51. The highest BCUT2D eigenvalue weighted by atomic mass is 16.6. The van der Waals surface area contributed by atoms with Crippen LogP contribution in [0.1, 0.15) is 16.2 Å². The lowest BCUT2D eigenvalue weighted by molar-refractivity contribution is 0.0938. The van der Waals surface area contributed by atoms with E-state index in [1.165, 1.54) is 0 Å². The number of rotatable bonds is 4. The van der Waals surface area contributed by atoms with Crippen molar-refractivity contribution < 1.29 is 14.3 Å². The zero-order valence-electron chi connectivity index (χ0n) is 13.1. The number of nitrogens with one attached hydrogen (secondary N) is 1. The van der Waals surface area contributed by atoms with Crippen LogP contribution in [0.4, 0.5) is 5.82 Å². The lowest BCUT2D eigenvalue weighted by atomic mass is 10.1. The summed E-state index contributed by atoms with van der Waals surface area (Å²) in [6.45, 7) is 1.17. The third kappa shape index (κ3) is 3.33.